The zero-order valence-corrected chi connectivity index (χ0v) is 17.8. The van der Waals surface area contributed by atoms with Gasteiger partial charge in [-0.25, -0.2) is 0 Å². The van der Waals surface area contributed by atoms with E-state index in [2.05, 4.69) is 55.8 Å². The van der Waals surface area contributed by atoms with Crippen molar-refractivity contribution in [3.8, 4) is 0 Å². The molecule has 0 atom stereocenters. The van der Waals surface area contributed by atoms with Gasteiger partial charge in [-0.1, -0.05) is 42.5 Å². The lowest BCUT2D eigenvalue weighted by molar-refractivity contribution is -0.132. The van der Waals surface area contributed by atoms with E-state index in [1.54, 1.807) is 7.05 Å². The molecule has 0 spiro atoms. The first-order valence-electron chi connectivity index (χ1n) is 10.5. The second kappa shape index (κ2) is 11.0. The van der Waals surface area contributed by atoms with Crippen LogP contribution < -0.4 is 15.5 Å². The fourth-order valence-corrected chi connectivity index (χ4v) is 3.65. The van der Waals surface area contributed by atoms with Gasteiger partial charge in [0.1, 0.15) is 0 Å². The third-order valence-corrected chi connectivity index (χ3v) is 5.38. The molecule has 1 aliphatic rings. The van der Waals surface area contributed by atoms with Crippen molar-refractivity contribution >= 4 is 11.6 Å². The number of nitrogens with zero attached hydrogens (tertiary/aromatic N) is 3. The Labute approximate surface area is 182 Å². The fraction of sp³-hybridized carbons (Fsp3) is 0.435. The van der Waals surface area contributed by atoms with Crippen molar-refractivity contribution in [3.05, 3.63) is 65.7 Å². The highest BCUT2D eigenvalue weighted by Gasteiger charge is 2.26. The van der Waals surface area contributed by atoms with Crippen LogP contribution in [0.1, 0.15) is 17.5 Å². The molecular weight excluding hydrogens is 403 g/mol. The van der Waals surface area contributed by atoms with Gasteiger partial charge < -0.3 is 15.5 Å². The van der Waals surface area contributed by atoms with Crippen LogP contribution in [-0.2, 0) is 13.1 Å². The standard InChI is InChI=1S/C23H30F3N5/c1-27-22(28-12-11-23(24,25)26)29-17-19-7-5-6-8-20(19)18-30-13-15-31(16-14-30)21-9-3-2-4-10-21/h2-10H,11-18H2,1H3,(H2,27,28,29). The first kappa shape index (κ1) is 22.9. The lowest BCUT2D eigenvalue weighted by Gasteiger charge is -2.36. The first-order valence-corrected chi connectivity index (χ1v) is 10.5. The first-order chi connectivity index (χ1) is 14.9. The van der Waals surface area contributed by atoms with Gasteiger partial charge in [0.2, 0.25) is 0 Å². The number of anilines is 1. The van der Waals surface area contributed by atoms with Gasteiger partial charge in [0.05, 0.1) is 6.42 Å². The predicted molar refractivity (Wildman–Crippen MR) is 119 cm³/mol. The van der Waals surface area contributed by atoms with Crippen molar-refractivity contribution < 1.29 is 13.2 Å². The zero-order valence-electron chi connectivity index (χ0n) is 17.8. The van der Waals surface area contributed by atoms with E-state index in [1.165, 1.54) is 11.3 Å². The second-order valence-corrected chi connectivity index (χ2v) is 7.59. The Morgan fingerprint density at radius 1 is 0.903 bits per heavy atom. The van der Waals surface area contributed by atoms with E-state index in [9.17, 15) is 13.2 Å². The van der Waals surface area contributed by atoms with E-state index in [1.807, 2.05) is 24.3 Å². The number of para-hydroxylation sites is 1. The molecule has 168 valence electrons. The summed E-state index contributed by atoms with van der Waals surface area (Å²) in [4.78, 5) is 8.86. The van der Waals surface area contributed by atoms with Crippen LogP contribution in [0.5, 0.6) is 0 Å². The van der Waals surface area contributed by atoms with Crippen LogP contribution in [0.4, 0.5) is 18.9 Å². The van der Waals surface area contributed by atoms with Gasteiger partial charge in [-0.15, -0.1) is 0 Å². The van der Waals surface area contributed by atoms with Crippen molar-refractivity contribution in [2.45, 2.75) is 25.7 Å². The Hall–Kier alpha value is -2.74. The molecule has 0 radical (unpaired) electrons. The molecule has 5 nitrogen and oxygen atoms in total. The number of piperazine rings is 1. The van der Waals surface area contributed by atoms with Crippen molar-refractivity contribution in [2.24, 2.45) is 4.99 Å². The van der Waals surface area contributed by atoms with E-state index >= 15 is 0 Å². The number of benzene rings is 2. The molecule has 0 amide bonds. The van der Waals surface area contributed by atoms with Crippen LogP contribution in [0.15, 0.2) is 59.6 Å². The lowest BCUT2D eigenvalue weighted by atomic mass is 10.1. The third-order valence-electron chi connectivity index (χ3n) is 5.38. The van der Waals surface area contributed by atoms with Crippen LogP contribution in [0.25, 0.3) is 0 Å². The van der Waals surface area contributed by atoms with Gasteiger partial charge in [-0.05, 0) is 23.3 Å². The summed E-state index contributed by atoms with van der Waals surface area (Å²) in [5.74, 6) is 0.371. The van der Waals surface area contributed by atoms with Gasteiger partial charge in [0.25, 0.3) is 0 Å². The van der Waals surface area contributed by atoms with Crippen LogP contribution in [0.3, 0.4) is 0 Å². The normalized spacial score (nSPS) is 15.7. The minimum atomic E-state index is -4.18. The molecule has 0 unspecified atom stereocenters. The Morgan fingerprint density at radius 3 is 2.19 bits per heavy atom. The highest BCUT2D eigenvalue weighted by atomic mass is 19.4. The Kier molecular flexibility index (Phi) is 8.17. The largest absolute Gasteiger partial charge is 0.390 e. The molecule has 1 saturated heterocycles. The molecule has 2 N–H and O–H groups in total. The van der Waals surface area contributed by atoms with Crippen LogP contribution in [-0.4, -0.2) is 56.8 Å². The molecule has 1 heterocycles. The topological polar surface area (TPSA) is 42.9 Å². The molecule has 2 aromatic rings. The number of hydrogen-bond donors (Lipinski definition) is 2. The number of hydrogen-bond acceptors (Lipinski definition) is 3. The Morgan fingerprint density at radius 2 is 1.55 bits per heavy atom. The summed E-state index contributed by atoms with van der Waals surface area (Å²) in [7, 11) is 1.56. The molecule has 0 bridgehead atoms. The van der Waals surface area contributed by atoms with Crippen LogP contribution in [0.2, 0.25) is 0 Å². The summed E-state index contributed by atoms with van der Waals surface area (Å²) in [6.45, 7) is 5.10. The van der Waals surface area contributed by atoms with Crippen molar-refractivity contribution in [3.63, 3.8) is 0 Å². The summed E-state index contributed by atoms with van der Waals surface area (Å²) in [5, 5.41) is 5.84. The van der Waals surface area contributed by atoms with Crippen molar-refractivity contribution in [1.82, 2.24) is 15.5 Å². The zero-order chi connectivity index (χ0) is 22.1. The summed E-state index contributed by atoms with van der Waals surface area (Å²) in [5.41, 5.74) is 3.59. The van der Waals surface area contributed by atoms with Crippen LogP contribution >= 0.6 is 0 Å². The Balaban J connectivity index is 1.50. The third kappa shape index (κ3) is 7.47. The molecule has 3 rings (SSSR count). The number of alkyl halides is 3. The predicted octanol–water partition coefficient (Wildman–Crippen LogP) is 3.63. The minimum Gasteiger partial charge on any atom is -0.369 e. The maximum atomic E-state index is 12.3. The highest BCUT2D eigenvalue weighted by Crippen LogP contribution is 2.19. The molecule has 8 heteroatoms. The second-order valence-electron chi connectivity index (χ2n) is 7.59. The molecule has 0 aromatic heterocycles. The lowest BCUT2D eigenvalue weighted by Crippen LogP contribution is -2.46. The number of aliphatic imine (C=N–C) groups is 1. The van der Waals surface area contributed by atoms with Gasteiger partial charge >= 0.3 is 6.18 Å². The minimum absolute atomic E-state index is 0.198. The van der Waals surface area contributed by atoms with Crippen molar-refractivity contribution in [1.29, 1.82) is 0 Å². The number of nitrogens with one attached hydrogen (secondary N) is 2. The molecule has 1 fully saturated rings. The molecule has 2 aromatic carbocycles. The quantitative estimate of drug-likeness (QED) is 0.517. The van der Waals surface area contributed by atoms with Crippen molar-refractivity contribution in [2.75, 3.05) is 44.7 Å². The summed E-state index contributed by atoms with van der Waals surface area (Å²) >= 11 is 0. The molecule has 0 aliphatic carbocycles. The van der Waals surface area contributed by atoms with Crippen LogP contribution in [0, 0.1) is 0 Å². The number of guanidine groups is 1. The summed E-state index contributed by atoms with van der Waals surface area (Å²) in [6.07, 6.45) is -5.07. The smallest absolute Gasteiger partial charge is 0.369 e. The number of halogens is 3. The van der Waals surface area contributed by atoms with E-state index in [0.717, 1.165) is 38.3 Å². The average Bonchev–Trinajstić information content (AvgIpc) is 2.77. The van der Waals surface area contributed by atoms with E-state index < -0.39 is 12.6 Å². The highest BCUT2D eigenvalue weighted by molar-refractivity contribution is 5.79. The van der Waals surface area contributed by atoms with Gasteiger partial charge in [-0.2, -0.15) is 13.2 Å². The molecule has 31 heavy (non-hydrogen) atoms. The SMILES string of the molecule is CN=C(NCCC(F)(F)F)NCc1ccccc1CN1CCN(c2ccccc2)CC1. The molecular formula is C23H30F3N5. The summed E-state index contributed by atoms with van der Waals surface area (Å²) < 4.78 is 37.0. The van der Waals surface area contributed by atoms with E-state index in [0.29, 0.717) is 12.5 Å². The monoisotopic (exact) mass is 433 g/mol. The van der Waals surface area contributed by atoms with Gasteiger partial charge in [0, 0.05) is 58.5 Å². The fourth-order valence-electron chi connectivity index (χ4n) is 3.65. The molecule has 1 aliphatic heterocycles. The van der Waals surface area contributed by atoms with E-state index in [-0.39, 0.29) is 6.54 Å². The Bertz CT molecular complexity index is 831. The molecule has 0 saturated carbocycles. The number of rotatable bonds is 7. The maximum absolute atomic E-state index is 12.3. The maximum Gasteiger partial charge on any atom is 0.390 e. The van der Waals surface area contributed by atoms with Gasteiger partial charge in [0.15, 0.2) is 5.96 Å². The van der Waals surface area contributed by atoms with Gasteiger partial charge in [-0.3, -0.25) is 9.89 Å². The summed E-state index contributed by atoms with van der Waals surface area (Å²) in [6, 6.07) is 18.6. The average molecular weight is 434 g/mol. The van der Waals surface area contributed by atoms with E-state index in [4.69, 9.17) is 0 Å².